The minimum Gasteiger partial charge on any atom is -0.459 e. The number of nitrogens with one attached hydrogen (secondary N) is 4. The molecule has 16 nitrogen and oxygen atoms in total. The third kappa shape index (κ3) is 14.5. The van der Waals surface area contributed by atoms with E-state index in [1.54, 1.807) is 38.1 Å². The van der Waals surface area contributed by atoms with Crippen LogP contribution in [0.2, 0.25) is 0 Å². The summed E-state index contributed by atoms with van der Waals surface area (Å²) in [7, 11) is 0. The van der Waals surface area contributed by atoms with Crippen molar-refractivity contribution in [1.29, 1.82) is 0 Å². The summed E-state index contributed by atoms with van der Waals surface area (Å²) in [6, 6.07) is 9.43. The summed E-state index contributed by atoms with van der Waals surface area (Å²) in [4.78, 5) is 70.9. The second-order valence-corrected chi connectivity index (χ2v) is 9.39. The first kappa shape index (κ1) is 37.1. The topological polar surface area (TPSA) is 206 Å². The van der Waals surface area contributed by atoms with Gasteiger partial charge < -0.3 is 28.4 Å². The van der Waals surface area contributed by atoms with Crippen molar-refractivity contribution in [2.45, 2.75) is 26.9 Å². The number of carbonyl (C=O) groups is 6. The van der Waals surface area contributed by atoms with E-state index in [0.717, 1.165) is 12.2 Å². The Kier molecular flexibility index (Phi) is 15.3. The Morgan fingerprint density at radius 2 is 1.02 bits per heavy atom. The van der Waals surface area contributed by atoms with Crippen LogP contribution in [0.5, 0.6) is 0 Å². The van der Waals surface area contributed by atoms with Gasteiger partial charge in [0.2, 0.25) is 0 Å². The van der Waals surface area contributed by atoms with Crippen LogP contribution in [0.15, 0.2) is 61.7 Å². The van der Waals surface area contributed by atoms with Gasteiger partial charge in [0.15, 0.2) is 0 Å². The number of amides is 4. The number of ether oxygens (including phenoxy) is 6. The molecule has 1 unspecified atom stereocenters. The van der Waals surface area contributed by atoms with Crippen LogP contribution in [-0.4, -0.2) is 75.4 Å². The summed E-state index contributed by atoms with van der Waals surface area (Å²) >= 11 is 0. The maximum atomic E-state index is 12.5. The van der Waals surface area contributed by atoms with Gasteiger partial charge in [-0.05, 0) is 56.2 Å². The molecule has 0 radical (unpaired) electrons. The molecule has 0 saturated carbocycles. The Balaban J connectivity index is 1.79. The molecule has 0 heterocycles. The first-order valence-electron chi connectivity index (χ1n) is 14.0. The maximum absolute atomic E-state index is 12.5. The van der Waals surface area contributed by atoms with Crippen LogP contribution in [-0.2, 0) is 38.0 Å². The fraction of sp³-hybridized carbons (Fsp3) is 0.290. The van der Waals surface area contributed by atoms with Gasteiger partial charge >= 0.3 is 36.3 Å². The molecule has 2 rings (SSSR count). The van der Waals surface area contributed by atoms with Crippen LogP contribution < -0.4 is 21.3 Å². The normalized spacial score (nSPS) is 10.6. The van der Waals surface area contributed by atoms with Crippen LogP contribution in [0, 0.1) is 13.8 Å². The predicted octanol–water partition coefficient (Wildman–Crippen LogP) is 5.04. The molecule has 0 saturated heterocycles. The van der Waals surface area contributed by atoms with Crippen LogP contribution in [0.3, 0.4) is 0 Å². The molecule has 0 aliphatic heterocycles. The van der Waals surface area contributed by atoms with Crippen LogP contribution in [0.1, 0.15) is 18.1 Å². The highest BCUT2D eigenvalue weighted by molar-refractivity contribution is 5.91. The van der Waals surface area contributed by atoms with Crippen molar-refractivity contribution < 1.29 is 57.2 Å². The van der Waals surface area contributed by atoms with Gasteiger partial charge in [-0.1, -0.05) is 25.3 Å². The lowest BCUT2D eigenvalue weighted by Crippen LogP contribution is -2.27. The van der Waals surface area contributed by atoms with Crippen molar-refractivity contribution in [3.63, 3.8) is 0 Å². The summed E-state index contributed by atoms with van der Waals surface area (Å²) in [5.74, 6) is -1.29. The van der Waals surface area contributed by atoms with Gasteiger partial charge in [0.1, 0.15) is 39.1 Å². The van der Waals surface area contributed by atoms with Gasteiger partial charge in [-0.3, -0.25) is 21.3 Å². The van der Waals surface area contributed by atoms with Crippen molar-refractivity contribution in [3.8, 4) is 0 Å². The van der Waals surface area contributed by atoms with E-state index in [9.17, 15) is 28.8 Å². The highest BCUT2D eigenvalue weighted by Gasteiger charge is 2.15. The van der Waals surface area contributed by atoms with Crippen LogP contribution >= 0.6 is 0 Å². The lowest BCUT2D eigenvalue weighted by molar-refractivity contribution is -0.139. The van der Waals surface area contributed by atoms with Crippen molar-refractivity contribution in [2.75, 3.05) is 54.3 Å². The smallest absolute Gasteiger partial charge is 0.412 e. The van der Waals surface area contributed by atoms with E-state index in [2.05, 4.69) is 34.4 Å². The second kappa shape index (κ2) is 19.4. The van der Waals surface area contributed by atoms with Gasteiger partial charge in [0, 0.05) is 34.9 Å². The molecular weight excluding hydrogens is 620 g/mol. The molecule has 1 atom stereocenters. The largest absolute Gasteiger partial charge is 0.459 e. The van der Waals surface area contributed by atoms with E-state index in [-0.39, 0.29) is 33.0 Å². The van der Waals surface area contributed by atoms with Gasteiger partial charge in [-0.15, -0.1) is 0 Å². The quantitative estimate of drug-likeness (QED) is 0.0861. The SMILES string of the molecule is C=CC(=O)OCCOC(=O)Nc1ccc(C)c(NC(=O)OCC(C)OC(=O)Nc2cc(NC(=O)OCCOC(=O)C=C)ccc2C)c1. The van der Waals surface area contributed by atoms with E-state index >= 15 is 0 Å². The molecule has 4 N–H and O–H groups in total. The minimum absolute atomic E-state index is 0.142. The number of aryl methyl sites for hydroxylation is 2. The highest BCUT2D eigenvalue weighted by atomic mass is 16.6. The first-order valence-corrected chi connectivity index (χ1v) is 14.0. The summed E-state index contributed by atoms with van der Waals surface area (Å²) in [6.45, 7) is 10.6. The summed E-state index contributed by atoms with van der Waals surface area (Å²) in [6.07, 6.45) is -2.16. The second-order valence-electron chi connectivity index (χ2n) is 9.39. The lowest BCUT2D eigenvalue weighted by atomic mass is 10.2. The number of anilines is 4. The molecule has 2 aromatic carbocycles. The third-order valence-electron chi connectivity index (χ3n) is 5.65. The van der Waals surface area contributed by atoms with Crippen molar-refractivity contribution in [2.24, 2.45) is 0 Å². The molecule has 252 valence electrons. The average Bonchev–Trinajstić information content (AvgIpc) is 3.03. The number of benzene rings is 2. The first-order chi connectivity index (χ1) is 22.4. The van der Waals surface area contributed by atoms with Crippen molar-refractivity contribution >= 4 is 59.1 Å². The van der Waals surface area contributed by atoms with Gasteiger partial charge in [-0.2, -0.15) is 0 Å². The Labute approximate surface area is 270 Å². The number of carbonyl (C=O) groups excluding carboxylic acids is 6. The van der Waals surface area contributed by atoms with E-state index in [0.29, 0.717) is 33.9 Å². The van der Waals surface area contributed by atoms with Gasteiger partial charge in [-0.25, -0.2) is 28.8 Å². The van der Waals surface area contributed by atoms with E-state index in [1.807, 2.05) is 0 Å². The zero-order valence-electron chi connectivity index (χ0n) is 26.0. The fourth-order valence-corrected chi connectivity index (χ4v) is 3.34. The number of hydrogen-bond acceptors (Lipinski definition) is 12. The lowest BCUT2D eigenvalue weighted by Gasteiger charge is -2.16. The molecule has 0 aliphatic rings. The fourth-order valence-electron chi connectivity index (χ4n) is 3.34. The standard InChI is InChI=1S/C31H36N4O12/c1-6-26(36)42-12-14-44-28(38)32-22-10-8-19(3)24(16-22)34-30(40)46-18-21(5)47-31(41)35-25-17-23(11-9-20(25)4)33-29(39)45-15-13-43-27(37)7-2/h6-11,16-17,21H,1-2,12-15,18H2,3-5H3,(H,32,38)(H,33,39)(H,34,40)(H,35,41). The number of esters is 2. The van der Waals surface area contributed by atoms with Crippen molar-refractivity contribution in [1.82, 2.24) is 0 Å². The van der Waals surface area contributed by atoms with E-state index in [4.69, 9.17) is 28.4 Å². The molecule has 0 fully saturated rings. The molecule has 0 aliphatic carbocycles. The molecule has 47 heavy (non-hydrogen) atoms. The van der Waals surface area contributed by atoms with Crippen molar-refractivity contribution in [3.05, 3.63) is 72.8 Å². The Hall–Kier alpha value is -6.06. The number of rotatable bonds is 15. The van der Waals surface area contributed by atoms with Gasteiger partial charge in [0.25, 0.3) is 0 Å². The zero-order valence-corrected chi connectivity index (χ0v) is 26.0. The van der Waals surface area contributed by atoms with Gasteiger partial charge in [0.05, 0.1) is 0 Å². The Morgan fingerprint density at radius 1 is 0.617 bits per heavy atom. The highest BCUT2D eigenvalue weighted by Crippen LogP contribution is 2.22. The molecule has 2 aromatic rings. The predicted molar refractivity (Wildman–Crippen MR) is 169 cm³/mol. The average molecular weight is 657 g/mol. The summed E-state index contributed by atoms with van der Waals surface area (Å²) in [5.41, 5.74) is 2.62. The van der Waals surface area contributed by atoms with Crippen LogP contribution in [0.25, 0.3) is 0 Å². The minimum atomic E-state index is -0.845. The summed E-state index contributed by atoms with van der Waals surface area (Å²) < 4.78 is 29.7. The molecule has 0 spiro atoms. The van der Waals surface area contributed by atoms with E-state index < -0.39 is 42.4 Å². The maximum Gasteiger partial charge on any atom is 0.412 e. The summed E-state index contributed by atoms with van der Waals surface area (Å²) in [5, 5.41) is 10.1. The monoisotopic (exact) mass is 656 g/mol. The Morgan fingerprint density at radius 3 is 1.47 bits per heavy atom. The molecule has 4 amide bonds. The Bertz CT molecular complexity index is 1480. The van der Waals surface area contributed by atoms with E-state index in [1.165, 1.54) is 19.1 Å². The van der Waals surface area contributed by atoms with Crippen LogP contribution in [0.4, 0.5) is 41.9 Å². The molecular formula is C31H36N4O12. The molecule has 16 heteroatoms. The molecule has 0 bridgehead atoms. The zero-order chi connectivity index (χ0) is 34.8. The molecule has 0 aromatic heterocycles. The third-order valence-corrected chi connectivity index (χ3v) is 5.65. The number of hydrogen-bond donors (Lipinski definition) is 4.